The van der Waals surface area contributed by atoms with E-state index in [1.54, 1.807) is 12.1 Å². The zero-order valence-electron chi connectivity index (χ0n) is 21.3. The van der Waals surface area contributed by atoms with E-state index < -0.39 is 23.8 Å². The predicted molar refractivity (Wildman–Crippen MR) is 140 cm³/mol. The van der Waals surface area contributed by atoms with E-state index in [1.165, 1.54) is 36.4 Å². The minimum absolute atomic E-state index is 0.0406. The summed E-state index contributed by atoms with van der Waals surface area (Å²) in [5, 5.41) is 22.8. The molecule has 208 valence electrons. The van der Waals surface area contributed by atoms with Gasteiger partial charge in [0.2, 0.25) is 0 Å². The maximum atomic E-state index is 13.3. The third-order valence-electron chi connectivity index (χ3n) is 6.48. The fourth-order valence-corrected chi connectivity index (χ4v) is 4.52. The molecule has 0 atom stereocenters. The van der Waals surface area contributed by atoms with Gasteiger partial charge in [0, 0.05) is 29.8 Å². The summed E-state index contributed by atoms with van der Waals surface area (Å²) in [6.07, 6.45) is -2.12. The first kappa shape index (κ1) is 28.4. The second-order valence-corrected chi connectivity index (χ2v) is 9.17. The number of nitrogens with two attached hydrogens (primary N) is 1. The number of ether oxygens (including phenoxy) is 1. The molecule has 1 aliphatic rings. The van der Waals surface area contributed by atoms with Gasteiger partial charge in [-0.3, -0.25) is 4.79 Å². The monoisotopic (exact) mass is 553 g/mol. The first-order valence-corrected chi connectivity index (χ1v) is 12.5. The Labute approximate surface area is 228 Å². The fourth-order valence-electron chi connectivity index (χ4n) is 4.52. The number of benzene rings is 2. The number of phenols is 1. The maximum absolute atomic E-state index is 13.3. The molecule has 3 aromatic rings. The Kier molecular flexibility index (Phi) is 8.55. The van der Waals surface area contributed by atoms with E-state index in [9.17, 15) is 33.1 Å². The van der Waals surface area contributed by atoms with Crippen molar-refractivity contribution in [1.29, 1.82) is 5.26 Å². The van der Waals surface area contributed by atoms with Crippen molar-refractivity contribution in [2.45, 2.75) is 25.4 Å². The van der Waals surface area contributed by atoms with Gasteiger partial charge in [0.05, 0.1) is 11.3 Å². The summed E-state index contributed by atoms with van der Waals surface area (Å²) in [6, 6.07) is 13.2. The molecule has 9 nitrogen and oxygen atoms in total. The Morgan fingerprint density at radius 3 is 2.45 bits per heavy atom. The third kappa shape index (κ3) is 6.32. The molecular weight excluding hydrogens is 527 g/mol. The van der Waals surface area contributed by atoms with E-state index in [1.807, 2.05) is 6.07 Å². The Bertz CT molecular complexity index is 1460. The largest absolute Gasteiger partial charge is 0.507 e. The van der Waals surface area contributed by atoms with Crippen molar-refractivity contribution >= 4 is 17.7 Å². The Balaban J connectivity index is 1.79. The molecule has 0 unspecified atom stereocenters. The SMILES string of the molecule is N#Cc1c(-c2cccc(C(=O)NCCN3CCCCC3)c2OC(=O)C(F)(F)F)cc(-c2ccccc2O)nc1N. The minimum Gasteiger partial charge on any atom is -0.507 e. The number of anilines is 1. The number of halogens is 3. The quantitative estimate of drug-likeness (QED) is 0.291. The molecule has 2 aromatic carbocycles. The predicted octanol–water partition coefficient (Wildman–Crippen LogP) is 4.26. The van der Waals surface area contributed by atoms with Crippen LogP contribution in [0.25, 0.3) is 22.4 Å². The Morgan fingerprint density at radius 1 is 1.07 bits per heavy atom. The average molecular weight is 554 g/mol. The number of nitriles is 1. The summed E-state index contributed by atoms with van der Waals surface area (Å²) < 4.78 is 44.5. The highest BCUT2D eigenvalue weighted by molar-refractivity contribution is 6.01. The number of carbonyl (C=O) groups is 2. The number of likely N-dealkylation sites (tertiary alicyclic amines) is 1. The van der Waals surface area contributed by atoms with Crippen molar-refractivity contribution in [2.75, 3.05) is 31.9 Å². The molecule has 1 amide bonds. The van der Waals surface area contributed by atoms with Crippen LogP contribution in [0.15, 0.2) is 48.5 Å². The van der Waals surface area contributed by atoms with Crippen molar-refractivity contribution in [3.8, 4) is 40.0 Å². The van der Waals surface area contributed by atoms with Crippen molar-refractivity contribution in [1.82, 2.24) is 15.2 Å². The molecule has 12 heteroatoms. The van der Waals surface area contributed by atoms with Gasteiger partial charge in [-0.1, -0.05) is 30.7 Å². The van der Waals surface area contributed by atoms with E-state index in [2.05, 4.69) is 15.2 Å². The van der Waals surface area contributed by atoms with Gasteiger partial charge in [-0.25, -0.2) is 9.78 Å². The first-order chi connectivity index (χ1) is 19.1. The number of hydrogen-bond donors (Lipinski definition) is 3. The van der Waals surface area contributed by atoms with Crippen molar-refractivity contribution in [2.24, 2.45) is 0 Å². The summed E-state index contributed by atoms with van der Waals surface area (Å²) in [5.41, 5.74) is 5.61. The van der Waals surface area contributed by atoms with E-state index in [0.717, 1.165) is 32.4 Å². The lowest BCUT2D eigenvalue weighted by Crippen LogP contribution is -2.38. The molecule has 1 saturated heterocycles. The van der Waals surface area contributed by atoms with Crippen molar-refractivity contribution in [3.63, 3.8) is 0 Å². The van der Waals surface area contributed by atoms with E-state index in [-0.39, 0.29) is 51.6 Å². The number of aromatic hydroxyl groups is 1. The number of piperidine rings is 1. The number of nitrogens with zero attached hydrogens (tertiary/aromatic N) is 3. The fraction of sp³-hybridized carbons (Fsp3) is 0.286. The van der Waals surface area contributed by atoms with Crippen LogP contribution in [0.3, 0.4) is 0 Å². The molecule has 0 bridgehead atoms. The molecule has 2 heterocycles. The van der Waals surface area contributed by atoms with Crippen LogP contribution in [0.2, 0.25) is 0 Å². The van der Waals surface area contributed by atoms with Gasteiger partial charge in [-0.15, -0.1) is 0 Å². The molecule has 0 spiro atoms. The topological polar surface area (TPSA) is 142 Å². The maximum Gasteiger partial charge on any atom is 0.491 e. The summed E-state index contributed by atoms with van der Waals surface area (Å²) in [6.45, 7) is 2.55. The molecule has 4 rings (SSSR count). The Morgan fingerprint density at radius 2 is 1.77 bits per heavy atom. The van der Waals surface area contributed by atoms with Crippen LogP contribution in [0.1, 0.15) is 35.2 Å². The summed E-state index contributed by atoms with van der Waals surface area (Å²) in [7, 11) is 0. The summed E-state index contributed by atoms with van der Waals surface area (Å²) >= 11 is 0. The first-order valence-electron chi connectivity index (χ1n) is 12.5. The van der Waals surface area contributed by atoms with Crippen LogP contribution in [0.5, 0.6) is 11.5 Å². The highest BCUT2D eigenvalue weighted by atomic mass is 19.4. The zero-order chi connectivity index (χ0) is 28.9. The highest BCUT2D eigenvalue weighted by Gasteiger charge is 2.42. The average Bonchev–Trinajstić information content (AvgIpc) is 2.93. The molecule has 1 aromatic heterocycles. The number of rotatable bonds is 7. The molecule has 1 aliphatic heterocycles. The van der Waals surface area contributed by atoms with Gasteiger partial charge in [0.25, 0.3) is 5.91 Å². The lowest BCUT2D eigenvalue weighted by molar-refractivity contribution is -0.189. The number of aromatic nitrogens is 1. The number of nitrogen functional groups attached to an aromatic ring is 1. The third-order valence-corrected chi connectivity index (χ3v) is 6.48. The van der Waals surface area contributed by atoms with Gasteiger partial charge < -0.3 is 25.8 Å². The normalized spacial score (nSPS) is 13.8. The van der Waals surface area contributed by atoms with Gasteiger partial charge in [0.15, 0.2) is 5.75 Å². The lowest BCUT2D eigenvalue weighted by atomic mass is 9.95. The number of hydrogen-bond acceptors (Lipinski definition) is 8. The van der Waals surface area contributed by atoms with Crippen LogP contribution >= 0.6 is 0 Å². The van der Waals surface area contributed by atoms with Crippen molar-refractivity contribution < 1.29 is 32.6 Å². The number of carbonyl (C=O) groups excluding carboxylic acids is 2. The highest BCUT2D eigenvalue weighted by Crippen LogP contribution is 2.40. The number of pyridine rings is 1. The smallest absolute Gasteiger partial charge is 0.491 e. The van der Waals surface area contributed by atoms with Crippen LogP contribution in [-0.2, 0) is 4.79 Å². The van der Waals surface area contributed by atoms with Crippen LogP contribution in [-0.4, -0.2) is 59.2 Å². The zero-order valence-corrected chi connectivity index (χ0v) is 21.3. The lowest BCUT2D eigenvalue weighted by Gasteiger charge is -2.26. The molecule has 4 N–H and O–H groups in total. The summed E-state index contributed by atoms with van der Waals surface area (Å²) in [4.78, 5) is 31.4. The number of nitrogens with one attached hydrogen (secondary N) is 1. The van der Waals surface area contributed by atoms with E-state index in [0.29, 0.717) is 6.54 Å². The van der Waals surface area contributed by atoms with Gasteiger partial charge in [-0.05, 0) is 50.2 Å². The van der Waals surface area contributed by atoms with Crippen LogP contribution < -0.4 is 15.8 Å². The molecule has 40 heavy (non-hydrogen) atoms. The van der Waals surface area contributed by atoms with Gasteiger partial charge in [-0.2, -0.15) is 18.4 Å². The Hall–Kier alpha value is -4.63. The van der Waals surface area contributed by atoms with Crippen LogP contribution in [0.4, 0.5) is 19.0 Å². The van der Waals surface area contributed by atoms with Crippen LogP contribution in [0, 0.1) is 11.3 Å². The summed E-state index contributed by atoms with van der Waals surface area (Å²) in [5.74, 6) is -4.42. The van der Waals surface area contributed by atoms with Gasteiger partial charge >= 0.3 is 12.1 Å². The van der Waals surface area contributed by atoms with Gasteiger partial charge in [0.1, 0.15) is 23.2 Å². The number of alkyl halides is 3. The standard InChI is InChI=1S/C28H26F3N5O4/c29-28(30,31)27(39)40-24-17(8-6-9-19(24)26(38)34-11-14-36-12-4-1-5-13-36)20-15-22(35-25(33)21(20)16-32)18-7-2-3-10-23(18)37/h2-3,6-10,15,37H,1,4-5,11-14H2,(H2,33,35)(H,34,38). The number of amides is 1. The molecular formula is C28H26F3N5O4. The molecule has 0 radical (unpaired) electrons. The number of phenolic OH excluding ortho intramolecular Hbond substituents is 1. The number of esters is 1. The van der Waals surface area contributed by atoms with E-state index >= 15 is 0 Å². The number of para-hydroxylation sites is 2. The second-order valence-electron chi connectivity index (χ2n) is 9.17. The van der Waals surface area contributed by atoms with E-state index in [4.69, 9.17) is 10.5 Å². The molecule has 0 aliphatic carbocycles. The second kappa shape index (κ2) is 12.0. The molecule has 1 fully saturated rings. The minimum atomic E-state index is -5.36. The molecule has 0 saturated carbocycles. The van der Waals surface area contributed by atoms with Crippen molar-refractivity contribution in [3.05, 3.63) is 59.7 Å².